The lowest BCUT2D eigenvalue weighted by Gasteiger charge is -2.43. The molecule has 132 valence electrons. The summed E-state index contributed by atoms with van der Waals surface area (Å²) < 4.78 is 5.51. The number of nitrogens with one attached hydrogen (secondary N) is 2. The summed E-state index contributed by atoms with van der Waals surface area (Å²) in [4.78, 5) is 22.2. The molecule has 24 heavy (non-hydrogen) atoms. The molecular weight excluding hydrogens is 320 g/mol. The maximum Gasteiger partial charge on any atom is 0.335 e. The van der Waals surface area contributed by atoms with Crippen molar-refractivity contribution in [1.29, 1.82) is 0 Å². The Morgan fingerprint density at radius 3 is 2.29 bits per heavy atom. The summed E-state index contributed by atoms with van der Waals surface area (Å²) in [6.45, 7) is 0.747. The number of amides is 1. The Morgan fingerprint density at radius 2 is 1.79 bits per heavy atom. The summed E-state index contributed by atoms with van der Waals surface area (Å²) in [6.07, 6.45) is -4.67. The average molecular weight is 340 g/mol. The minimum absolute atomic E-state index is 0.104. The van der Waals surface area contributed by atoms with Gasteiger partial charge < -0.3 is 35.8 Å². The predicted octanol–water partition coefficient (Wildman–Crippen LogP) is -1.26. The third kappa shape index (κ3) is 4.01. The van der Waals surface area contributed by atoms with Crippen LogP contribution in [0.25, 0.3) is 0 Å². The highest BCUT2D eigenvalue weighted by Gasteiger charge is 2.44. The number of hydrogen-bond acceptors (Lipinski definition) is 7. The molecule has 2 rings (SSSR count). The van der Waals surface area contributed by atoms with Gasteiger partial charge in [-0.2, -0.15) is 0 Å². The van der Waals surface area contributed by atoms with E-state index in [4.69, 9.17) is 9.84 Å². The van der Waals surface area contributed by atoms with Gasteiger partial charge >= 0.3 is 5.97 Å². The van der Waals surface area contributed by atoms with Gasteiger partial charge in [0.2, 0.25) is 5.91 Å². The van der Waals surface area contributed by atoms with Gasteiger partial charge in [0, 0.05) is 12.6 Å². The van der Waals surface area contributed by atoms with E-state index in [1.807, 2.05) is 0 Å². The minimum atomic E-state index is -1.36. The van der Waals surface area contributed by atoms with E-state index in [0.717, 1.165) is 0 Å². The first kappa shape index (κ1) is 18.1. The topological polar surface area (TPSA) is 148 Å². The first-order valence-corrected chi connectivity index (χ1v) is 7.33. The molecule has 0 spiro atoms. The second-order valence-corrected chi connectivity index (χ2v) is 5.51. The van der Waals surface area contributed by atoms with Crippen LogP contribution in [0.1, 0.15) is 17.3 Å². The molecule has 9 nitrogen and oxygen atoms in total. The van der Waals surface area contributed by atoms with Crippen molar-refractivity contribution in [3.63, 3.8) is 0 Å². The molecule has 0 aliphatic carbocycles. The molecular formula is C15H20N2O7. The molecule has 0 bridgehead atoms. The first-order chi connectivity index (χ1) is 11.3. The molecule has 1 aliphatic rings. The number of anilines is 1. The predicted molar refractivity (Wildman–Crippen MR) is 82.4 cm³/mol. The van der Waals surface area contributed by atoms with E-state index in [-0.39, 0.29) is 5.56 Å². The minimum Gasteiger partial charge on any atom is -0.478 e. The van der Waals surface area contributed by atoms with Crippen molar-refractivity contribution in [3.05, 3.63) is 29.8 Å². The standard InChI is InChI=1S/C15H20N2O7/c1-7(19)16-11-13(21)12(20)10(6-18)24-14(11)17-9-4-2-8(3-5-9)15(22)23/h2-5,10-14,17-18,20-21H,6H2,1H3,(H,16,19)(H,22,23)/t10-,11-,12+,13-,14-/m0/s1. The second kappa shape index (κ2) is 7.58. The number of carbonyl (C=O) groups is 2. The van der Waals surface area contributed by atoms with Gasteiger partial charge in [-0.25, -0.2) is 4.79 Å². The highest BCUT2D eigenvalue weighted by atomic mass is 16.5. The maximum absolute atomic E-state index is 11.3. The van der Waals surface area contributed by atoms with Gasteiger partial charge in [-0.1, -0.05) is 0 Å². The van der Waals surface area contributed by atoms with Crippen LogP contribution in [-0.2, 0) is 9.53 Å². The number of hydrogen-bond donors (Lipinski definition) is 6. The van der Waals surface area contributed by atoms with Crippen LogP contribution in [0, 0.1) is 0 Å². The molecule has 6 N–H and O–H groups in total. The van der Waals surface area contributed by atoms with Crippen molar-refractivity contribution >= 4 is 17.6 Å². The zero-order valence-corrected chi connectivity index (χ0v) is 12.9. The van der Waals surface area contributed by atoms with Crippen LogP contribution in [0.2, 0.25) is 0 Å². The molecule has 0 radical (unpaired) electrons. The molecule has 1 amide bonds. The Bertz CT molecular complexity index is 592. The molecule has 9 heteroatoms. The van der Waals surface area contributed by atoms with Gasteiger partial charge in [0.1, 0.15) is 24.4 Å². The number of aromatic carboxylic acids is 1. The van der Waals surface area contributed by atoms with Crippen LogP contribution in [-0.4, -0.2) is 69.5 Å². The molecule has 1 aliphatic heterocycles. The molecule has 1 heterocycles. The van der Waals surface area contributed by atoms with Gasteiger partial charge in [0.05, 0.1) is 12.2 Å². The Hall–Kier alpha value is -2.20. The van der Waals surface area contributed by atoms with Crippen LogP contribution in [0.5, 0.6) is 0 Å². The number of carboxylic acid groups (broad SMARTS) is 1. The van der Waals surface area contributed by atoms with Gasteiger partial charge in [0.25, 0.3) is 0 Å². The number of carbonyl (C=O) groups excluding carboxylic acids is 1. The van der Waals surface area contributed by atoms with Gasteiger partial charge in [-0.15, -0.1) is 0 Å². The molecule has 1 aromatic carbocycles. The fourth-order valence-corrected chi connectivity index (χ4v) is 2.51. The van der Waals surface area contributed by atoms with E-state index in [1.54, 1.807) is 0 Å². The van der Waals surface area contributed by atoms with E-state index in [2.05, 4.69) is 10.6 Å². The van der Waals surface area contributed by atoms with Crippen molar-refractivity contribution in [2.45, 2.75) is 37.5 Å². The van der Waals surface area contributed by atoms with Crippen LogP contribution in [0.3, 0.4) is 0 Å². The van der Waals surface area contributed by atoms with E-state index in [9.17, 15) is 24.9 Å². The normalized spacial score (nSPS) is 29.8. The quantitative estimate of drug-likeness (QED) is 0.389. The van der Waals surface area contributed by atoms with E-state index < -0.39 is 49.1 Å². The fourth-order valence-electron chi connectivity index (χ4n) is 2.51. The Labute approximate surface area is 137 Å². The molecule has 0 unspecified atom stereocenters. The largest absolute Gasteiger partial charge is 0.478 e. The summed E-state index contributed by atoms with van der Waals surface area (Å²) in [5.41, 5.74) is 0.591. The number of ether oxygens (including phenoxy) is 1. The smallest absolute Gasteiger partial charge is 0.335 e. The molecule has 1 aromatic rings. The number of aliphatic hydroxyl groups is 3. The zero-order valence-electron chi connectivity index (χ0n) is 12.9. The number of benzene rings is 1. The lowest BCUT2D eigenvalue weighted by molar-refractivity contribution is -0.188. The number of carboxylic acids is 1. The van der Waals surface area contributed by atoms with Gasteiger partial charge in [0.15, 0.2) is 6.23 Å². The summed E-state index contributed by atoms with van der Waals surface area (Å²) in [7, 11) is 0. The maximum atomic E-state index is 11.3. The van der Waals surface area contributed by atoms with Crippen LogP contribution < -0.4 is 10.6 Å². The summed E-state index contributed by atoms with van der Waals surface area (Å²) in [6, 6.07) is 4.82. The SMILES string of the molecule is CC(=O)N[C@H]1[C@H](O)[C@H](O)[C@H](CO)O[C@@H]1Nc1ccc(C(=O)O)cc1. The summed E-state index contributed by atoms with van der Waals surface area (Å²) in [5, 5.41) is 43.6. The van der Waals surface area contributed by atoms with Crippen LogP contribution in [0.4, 0.5) is 5.69 Å². The van der Waals surface area contributed by atoms with Gasteiger partial charge in [-0.3, -0.25) is 4.79 Å². The molecule has 0 saturated carbocycles. The van der Waals surface area contributed by atoms with Crippen molar-refractivity contribution in [3.8, 4) is 0 Å². The third-order valence-electron chi connectivity index (χ3n) is 3.74. The number of rotatable bonds is 5. The van der Waals surface area contributed by atoms with E-state index >= 15 is 0 Å². The third-order valence-corrected chi connectivity index (χ3v) is 3.74. The van der Waals surface area contributed by atoms with Crippen molar-refractivity contribution in [2.75, 3.05) is 11.9 Å². The highest BCUT2D eigenvalue weighted by molar-refractivity contribution is 5.88. The van der Waals surface area contributed by atoms with E-state index in [1.165, 1.54) is 31.2 Å². The zero-order chi connectivity index (χ0) is 17.9. The lowest BCUT2D eigenvalue weighted by atomic mass is 9.95. The van der Waals surface area contributed by atoms with Crippen molar-refractivity contribution < 1.29 is 34.8 Å². The monoisotopic (exact) mass is 340 g/mol. The average Bonchev–Trinajstić information content (AvgIpc) is 2.54. The number of aliphatic hydroxyl groups excluding tert-OH is 3. The fraction of sp³-hybridized carbons (Fsp3) is 0.467. The van der Waals surface area contributed by atoms with Crippen molar-refractivity contribution in [2.24, 2.45) is 0 Å². The second-order valence-electron chi connectivity index (χ2n) is 5.51. The van der Waals surface area contributed by atoms with Crippen molar-refractivity contribution in [1.82, 2.24) is 5.32 Å². The van der Waals surface area contributed by atoms with Crippen LogP contribution in [0.15, 0.2) is 24.3 Å². The molecule has 1 fully saturated rings. The molecule has 5 atom stereocenters. The Morgan fingerprint density at radius 1 is 1.17 bits per heavy atom. The molecule has 0 aromatic heterocycles. The first-order valence-electron chi connectivity index (χ1n) is 7.33. The van der Waals surface area contributed by atoms with Gasteiger partial charge in [-0.05, 0) is 24.3 Å². The Kier molecular flexibility index (Phi) is 5.73. The highest BCUT2D eigenvalue weighted by Crippen LogP contribution is 2.23. The molecule has 1 saturated heterocycles. The lowest BCUT2D eigenvalue weighted by Crippen LogP contribution is -2.65. The van der Waals surface area contributed by atoms with Crippen LogP contribution >= 0.6 is 0 Å². The summed E-state index contributed by atoms with van der Waals surface area (Å²) >= 11 is 0. The summed E-state index contributed by atoms with van der Waals surface area (Å²) in [5.74, 6) is -1.49. The van der Waals surface area contributed by atoms with E-state index in [0.29, 0.717) is 5.69 Å². The Balaban J connectivity index is 2.19.